The van der Waals surface area contributed by atoms with Gasteiger partial charge >= 0.3 is 8.80 Å². The molecule has 5 nitrogen and oxygen atoms in total. The minimum Gasteiger partial charge on any atom is -0.377 e. The van der Waals surface area contributed by atoms with Crippen molar-refractivity contribution in [1.29, 1.82) is 0 Å². The van der Waals surface area contributed by atoms with E-state index in [4.69, 9.17) is 13.3 Å². The van der Waals surface area contributed by atoms with Crippen molar-refractivity contribution in [1.82, 2.24) is 4.90 Å². The maximum atomic E-state index is 11.7. The number of hydrogen-bond donors (Lipinski definition) is 0. The zero-order valence-corrected chi connectivity index (χ0v) is 12.5. The SMILES string of the molecule is C=CC1CC(=O)N(CCC[Si](OC)(OC)OC)C1. The number of rotatable bonds is 8. The average Bonchev–Trinajstić information content (AvgIpc) is 2.76. The third kappa shape index (κ3) is 3.65. The van der Waals surface area contributed by atoms with Crippen molar-refractivity contribution < 1.29 is 18.1 Å². The van der Waals surface area contributed by atoms with E-state index in [9.17, 15) is 4.79 Å². The minimum atomic E-state index is -2.49. The maximum absolute atomic E-state index is 11.7. The largest absolute Gasteiger partial charge is 0.500 e. The number of carbonyl (C=O) groups is 1. The van der Waals surface area contributed by atoms with Gasteiger partial charge in [0.1, 0.15) is 0 Å². The van der Waals surface area contributed by atoms with Crippen LogP contribution >= 0.6 is 0 Å². The van der Waals surface area contributed by atoms with E-state index in [-0.39, 0.29) is 5.91 Å². The first kappa shape index (κ1) is 15.4. The van der Waals surface area contributed by atoms with Crippen LogP contribution in [-0.2, 0) is 18.1 Å². The highest BCUT2D eigenvalue weighted by molar-refractivity contribution is 6.60. The van der Waals surface area contributed by atoms with Crippen LogP contribution < -0.4 is 0 Å². The molecule has 1 saturated heterocycles. The van der Waals surface area contributed by atoms with Crippen molar-refractivity contribution in [3.8, 4) is 0 Å². The molecule has 1 heterocycles. The van der Waals surface area contributed by atoms with Gasteiger partial charge in [0, 0.05) is 52.8 Å². The van der Waals surface area contributed by atoms with Gasteiger partial charge in [-0.3, -0.25) is 4.79 Å². The molecule has 1 unspecified atom stereocenters. The van der Waals surface area contributed by atoms with Crippen LogP contribution in [0.1, 0.15) is 12.8 Å². The third-order valence-corrected chi connectivity index (χ3v) is 6.25. The van der Waals surface area contributed by atoms with E-state index < -0.39 is 8.80 Å². The van der Waals surface area contributed by atoms with Gasteiger partial charge in [-0.2, -0.15) is 0 Å². The first-order valence-corrected chi connectivity index (χ1v) is 8.09. The Kier molecular flexibility index (Phi) is 6.00. The fourth-order valence-electron chi connectivity index (χ4n) is 2.22. The summed E-state index contributed by atoms with van der Waals surface area (Å²) in [4.78, 5) is 13.6. The summed E-state index contributed by atoms with van der Waals surface area (Å²) in [5.74, 6) is 0.506. The number of amides is 1. The lowest BCUT2D eigenvalue weighted by Crippen LogP contribution is -2.43. The van der Waals surface area contributed by atoms with Gasteiger partial charge in [0.05, 0.1) is 0 Å². The Morgan fingerprint density at radius 1 is 1.39 bits per heavy atom. The van der Waals surface area contributed by atoms with Gasteiger partial charge in [0.15, 0.2) is 0 Å². The van der Waals surface area contributed by atoms with E-state index >= 15 is 0 Å². The topological polar surface area (TPSA) is 48.0 Å². The van der Waals surface area contributed by atoms with Gasteiger partial charge in [-0.25, -0.2) is 0 Å². The average molecular weight is 273 g/mol. The van der Waals surface area contributed by atoms with Crippen LogP contribution in [0.4, 0.5) is 0 Å². The summed E-state index contributed by atoms with van der Waals surface area (Å²) < 4.78 is 16.0. The van der Waals surface area contributed by atoms with E-state index in [1.165, 1.54) is 0 Å². The predicted molar refractivity (Wildman–Crippen MR) is 71.1 cm³/mol. The molecule has 1 rings (SSSR count). The second-order valence-corrected chi connectivity index (χ2v) is 7.53. The van der Waals surface area contributed by atoms with Gasteiger partial charge in [0.2, 0.25) is 5.91 Å². The van der Waals surface area contributed by atoms with Crippen molar-refractivity contribution in [3.63, 3.8) is 0 Å². The highest BCUT2D eigenvalue weighted by Gasteiger charge is 2.37. The van der Waals surface area contributed by atoms with Crippen molar-refractivity contribution >= 4 is 14.7 Å². The van der Waals surface area contributed by atoms with Crippen molar-refractivity contribution in [2.45, 2.75) is 18.9 Å². The van der Waals surface area contributed by atoms with Crippen LogP contribution in [0.2, 0.25) is 6.04 Å². The summed E-state index contributed by atoms with van der Waals surface area (Å²) in [6.45, 7) is 5.25. The molecule has 18 heavy (non-hydrogen) atoms. The Morgan fingerprint density at radius 3 is 2.44 bits per heavy atom. The second-order valence-electron chi connectivity index (χ2n) is 4.44. The van der Waals surface area contributed by atoms with E-state index in [1.54, 1.807) is 21.3 Å². The van der Waals surface area contributed by atoms with E-state index in [0.29, 0.717) is 12.3 Å². The smallest absolute Gasteiger partial charge is 0.377 e. The molecular weight excluding hydrogens is 250 g/mol. The fraction of sp³-hybridized carbons (Fsp3) is 0.750. The summed E-state index contributed by atoms with van der Waals surface area (Å²) in [5.41, 5.74) is 0. The quantitative estimate of drug-likeness (QED) is 0.494. The number of hydrogen-bond acceptors (Lipinski definition) is 4. The van der Waals surface area contributed by atoms with Crippen LogP contribution in [-0.4, -0.2) is 54.0 Å². The standard InChI is InChI=1S/C12H23NO4Si/c1-5-11-9-12(14)13(10-11)7-6-8-18(15-2,16-3)17-4/h5,11H,1,6-10H2,2-4H3. The zero-order chi connectivity index (χ0) is 13.6. The Balaban J connectivity index is 2.37. The van der Waals surface area contributed by atoms with Gasteiger partial charge < -0.3 is 18.2 Å². The predicted octanol–water partition coefficient (Wildman–Crippen LogP) is 1.29. The van der Waals surface area contributed by atoms with Crippen molar-refractivity contribution in [2.75, 3.05) is 34.4 Å². The molecule has 0 radical (unpaired) electrons. The minimum absolute atomic E-state index is 0.208. The molecule has 104 valence electrons. The summed E-state index contributed by atoms with van der Waals surface area (Å²) in [6, 6.07) is 0.721. The highest BCUT2D eigenvalue weighted by Crippen LogP contribution is 2.21. The van der Waals surface area contributed by atoms with Gasteiger partial charge in [-0.1, -0.05) is 6.08 Å². The molecule has 0 aliphatic carbocycles. The van der Waals surface area contributed by atoms with Crippen molar-refractivity contribution in [2.24, 2.45) is 5.92 Å². The molecule has 6 heteroatoms. The number of carbonyl (C=O) groups excluding carboxylic acids is 1. The van der Waals surface area contributed by atoms with Gasteiger partial charge in [0.25, 0.3) is 0 Å². The van der Waals surface area contributed by atoms with E-state index in [2.05, 4.69) is 6.58 Å². The molecule has 0 bridgehead atoms. The molecule has 0 aromatic rings. The van der Waals surface area contributed by atoms with Crippen molar-refractivity contribution in [3.05, 3.63) is 12.7 Å². The van der Waals surface area contributed by atoms with Crippen LogP contribution in [0.15, 0.2) is 12.7 Å². The van der Waals surface area contributed by atoms with Crippen LogP contribution in [0.25, 0.3) is 0 Å². The zero-order valence-electron chi connectivity index (χ0n) is 11.5. The molecule has 1 fully saturated rings. The molecule has 0 aromatic carbocycles. The Hall–Kier alpha value is -0.693. The van der Waals surface area contributed by atoms with Gasteiger partial charge in [-0.15, -0.1) is 6.58 Å². The normalized spacial score (nSPS) is 20.5. The molecule has 0 aromatic heterocycles. The van der Waals surface area contributed by atoms with E-state index in [0.717, 1.165) is 25.6 Å². The summed E-state index contributed by atoms with van der Waals surface area (Å²) >= 11 is 0. The molecule has 1 aliphatic rings. The molecule has 1 amide bonds. The Bertz CT molecular complexity index is 286. The first-order chi connectivity index (χ1) is 8.60. The summed E-state index contributed by atoms with van der Waals surface area (Å²) in [6.07, 6.45) is 3.28. The van der Waals surface area contributed by atoms with Gasteiger partial charge in [-0.05, 0) is 6.42 Å². The Labute approximate surface area is 110 Å². The van der Waals surface area contributed by atoms with Crippen LogP contribution in [0.3, 0.4) is 0 Å². The molecule has 0 N–H and O–H groups in total. The van der Waals surface area contributed by atoms with Crippen LogP contribution in [0.5, 0.6) is 0 Å². The Morgan fingerprint density at radius 2 is 2.00 bits per heavy atom. The number of nitrogens with zero attached hydrogens (tertiary/aromatic N) is 1. The molecule has 1 atom stereocenters. The monoisotopic (exact) mass is 273 g/mol. The lowest BCUT2D eigenvalue weighted by molar-refractivity contribution is -0.127. The molecule has 0 spiro atoms. The lowest BCUT2D eigenvalue weighted by Gasteiger charge is -2.25. The third-order valence-electron chi connectivity index (χ3n) is 3.42. The summed E-state index contributed by atoms with van der Waals surface area (Å²) in [7, 11) is 2.32. The maximum Gasteiger partial charge on any atom is 0.500 e. The summed E-state index contributed by atoms with van der Waals surface area (Å²) in [5, 5.41) is 0. The first-order valence-electron chi connectivity index (χ1n) is 6.16. The van der Waals surface area contributed by atoms with Crippen LogP contribution in [0, 0.1) is 5.92 Å². The van der Waals surface area contributed by atoms with E-state index in [1.807, 2.05) is 11.0 Å². The lowest BCUT2D eigenvalue weighted by atomic mass is 10.1. The molecular formula is C12H23NO4Si. The molecule has 1 aliphatic heterocycles. The number of likely N-dealkylation sites (tertiary alicyclic amines) is 1. The fourth-order valence-corrected chi connectivity index (χ4v) is 3.92. The molecule has 0 saturated carbocycles. The highest BCUT2D eigenvalue weighted by atomic mass is 28.4. The second kappa shape index (κ2) is 7.03.